The zero-order chi connectivity index (χ0) is 17.3. The highest BCUT2D eigenvalue weighted by Gasteiger charge is 2.32. The molecule has 0 saturated heterocycles. The van der Waals surface area contributed by atoms with E-state index in [0.717, 1.165) is 6.92 Å². The molecule has 0 aromatic carbocycles. The zero-order valence-corrected chi connectivity index (χ0v) is 13.0. The third kappa shape index (κ3) is 6.34. The molecule has 0 saturated carbocycles. The van der Waals surface area contributed by atoms with E-state index in [9.17, 15) is 19.2 Å². The SMILES string of the molecule is C=C(C)C(=O)OCCOC(=O)C(C(=C)C(=O)OCC)C(C)=O. The summed E-state index contributed by atoms with van der Waals surface area (Å²) in [5, 5.41) is 0. The summed E-state index contributed by atoms with van der Waals surface area (Å²) in [6.07, 6.45) is 0. The maximum atomic E-state index is 11.8. The van der Waals surface area contributed by atoms with Crippen molar-refractivity contribution >= 4 is 23.7 Å². The molecule has 0 bridgehead atoms. The fraction of sp³-hybridized carbons (Fsp3) is 0.467. The van der Waals surface area contributed by atoms with Gasteiger partial charge in [0.25, 0.3) is 0 Å². The lowest BCUT2D eigenvalue weighted by atomic mass is 9.97. The van der Waals surface area contributed by atoms with Gasteiger partial charge in [0.1, 0.15) is 24.9 Å². The largest absolute Gasteiger partial charge is 0.463 e. The van der Waals surface area contributed by atoms with Gasteiger partial charge < -0.3 is 14.2 Å². The smallest absolute Gasteiger partial charge is 0.334 e. The predicted octanol–water partition coefficient (Wildman–Crippen LogP) is 0.973. The van der Waals surface area contributed by atoms with Crippen LogP contribution in [0.3, 0.4) is 0 Å². The number of carbonyl (C=O) groups excluding carboxylic acids is 4. The second-order valence-corrected chi connectivity index (χ2v) is 4.37. The summed E-state index contributed by atoms with van der Waals surface area (Å²) >= 11 is 0. The van der Waals surface area contributed by atoms with Gasteiger partial charge in [0, 0.05) is 5.57 Å². The monoisotopic (exact) mass is 312 g/mol. The van der Waals surface area contributed by atoms with Gasteiger partial charge >= 0.3 is 17.9 Å². The van der Waals surface area contributed by atoms with Gasteiger partial charge in [0.15, 0.2) is 0 Å². The second kappa shape index (κ2) is 9.49. The lowest BCUT2D eigenvalue weighted by Gasteiger charge is -2.15. The molecule has 0 aliphatic heterocycles. The van der Waals surface area contributed by atoms with E-state index in [2.05, 4.69) is 13.2 Å². The van der Waals surface area contributed by atoms with Crippen LogP contribution in [-0.4, -0.2) is 43.5 Å². The fourth-order valence-electron chi connectivity index (χ4n) is 1.38. The molecule has 0 aromatic rings. The van der Waals surface area contributed by atoms with E-state index in [-0.39, 0.29) is 31.0 Å². The quantitative estimate of drug-likeness (QED) is 0.206. The summed E-state index contributed by atoms with van der Waals surface area (Å²) in [6, 6.07) is 0. The van der Waals surface area contributed by atoms with Crippen molar-refractivity contribution in [3.63, 3.8) is 0 Å². The Morgan fingerprint density at radius 1 is 0.909 bits per heavy atom. The standard InChI is InChI=1S/C15H20O7/c1-6-20-14(18)10(4)12(11(5)16)15(19)22-8-7-21-13(17)9(2)3/h12H,2,4,6-8H2,1,3,5H3. The minimum Gasteiger partial charge on any atom is -0.463 e. The summed E-state index contributed by atoms with van der Waals surface area (Å²) < 4.78 is 14.2. The second-order valence-electron chi connectivity index (χ2n) is 4.37. The maximum absolute atomic E-state index is 11.8. The van der Waals surface area contributed by atoms with E-state index in [1.807, 2.05) is 0 Å². The van der Waals surface area contributed by atoms with Crippen LogP contribution in [0.5, 0.6) is 0 Å². The highest BCUT2D eigenvalue weighted by molar-refractivity contribution is 6.08. The molecule has 0 aliphatic carbocycles. The van der Waals surface area contributed by atoms with Gasteiger partial charge in [0.2, 0.25) is 0 Å². The van der Waals surface area contributed by atoms with Crippen molar-refractivity contribution in [1.29, 1.82) is 0 Å². The van der Waals surface area contributed by atoms with Crippen molar-refractivity contribution in [2.24, 2.45) is 5.92 Å². The number of ether oxygens (including phenoxy) is 3. The molecule has 0 amide bonds. The summed E-state index contributed by atoms with van der Waals surface area (Å²) in [4.78, 5) is 46.0. The Morgan fingerprint density at radius 3 is 1.91 bits per heavy atom. The first-order valence-corrected chi connectivity index (χ1v) is 6.58. The number of Topliss-reactive ketones (excluding diaryl/α,β-unsaturated/α-hetero) is 1. The first-order valence-electron chi connectivity index (χ1n) is 6.58. The Kier molecular flexibility index (Phi) is 8.44. The number of hydrogen-bond donors (Lipinski definition) is 0. The van der Waals surface area contributed by atoms with Gasteiger partial charge in [-0.2, -0.15) is 0 Å². The summed E-state index contributed by atoms with van der Waals surface area (Å²) in [5.41, 5.74) is -0.0816. The predicted molar refractivity (Wildman–Crippen MR) is 76.7 cm³/mol. The van der Waals surface area contributed by atoms with Crippen molar-refractivity contribution in [3.05, 3.63) is 24.3 Å². The molecule has 0 N–H and O–H groups in total. The van der Waals surface area contributed by atoms with Crippen LogP contribution in [0, 0.1) is 5.92 Å². The minimum atomic E-state index is -1.43. The molecule has 0 aromatic heterocycles. The van der Waals surface area contributed by atoms with E-state index < -0.39 is 29.6 Å². The third-order valence-corrected chi connectivity index (χ3v) is 2.44. The van der Waals surface area contributed by atoms with Gasteiger partial charge in [-0.15, -0.1) is 0 Å². The molecule has 122 valence electrons. The Hall–Kier alpha value is -2.44. The molecular weight excluding hydrogens is 292 g/mol. The molecule has 0 heterocycles. The zero-order valence-electron chi connectivity index (χ0n) is 13.0. The summed E-state index contributed by atoms with van der Waals surface area (Å²) in [7, 11) is 0. The number of ketones is 1. The molecule has 1 unspecified atom stereocenters. The highest BCUT2D eigenvalue weighted by Crippen LogP contribution is 2.14. The molecule has 0 fully saturated rings. The van der Waals surface area contributed by atoms with Crippen LogP contribution < -0.4 is 0 Å². The van der Waals surface area contributed by atoms with Crippen molar-refractivity contribution in [1.82, 2.24) is 0 Å². The fourth-order valence-corrected chi connectivity index (χ4v) is 1.38. The van der Waals surface area contributed by atoms with E-state index in [0.29, 0.717) is 0 Å². The van der Waals surface area contributed by atoms with Gasteiger partial charge in [-0.05, 0) is 20.8 Å². The number of rotatable bonds is 9. The van der Waals surface area contributed by atoms with Crippen LogP contribution in [0.25, 0.3) is 0 Å². The molecule has 0 spiro atoms. The Morgan fingerprint density at radius 2 is 1.45 bits per heavy atom. The lowest BCUT2D eigenvalue weighted by Crippen LogP contribution is -2.30. The normalized spacial score (nSPS) is 11.0. The molecule has 0 rings (SSSR count). The van der Waals surface area contributed by atoms with Crippen LogP contribution in [0.15, 0.2) is 24.3 Å². The molecule has 0 radical (unpaired) electrons. The third-order valence-electron chi connectivity index (χ3n) is 2.44. The van der Waals surface area contributed by atoms with Crippen LogP contribution in [0.1, 0.15) is 20.8 Å². The van der Waals surface area contributed by atoms with Crippen molar-refractivity contribution in [2.75, 3.05) is 19.8 Å². The molecular formula is C15H20O7. The molecule has 22 heavy (non-hydrogen) atoms. The Labute approximate surface area is 128 Å². The highest BCUT2D eigenvalue weighted by atomic mass is 16.6. The number of esters is 3. The van der Waals surface area contributed by atoms with Gasteiger partial charge in [-0.3, -0.25) is 9.59 Å². The average molecular weight is 312 g/mol. The summed E-state index contributed by atoms with van der Waals surface area (Å²) in [5.74, 6) is -4.43. The maximum Gasteiger partial charge on any atom is 0.334 e. The Balaban J connectivity index is 4.53. The summed E-state index contributed by atoms with van der Waals surface area (Å²) in [6.45, 7) is 10.6. The minimum absolute atomic E-state index is 0.0916. The topological polar surface area (TPSA) is 96.0 Å². The van der Waals surface area contributed by atoms with Crippen LogP contribution in [0.4, 0.5) is 0 Å². The van der Waals surface area contributed by atoms with Gasteiger partial charge in [-0.25, -0.2) is 9.59 Å². The Bertz CT molecular complexity index is 490. The molecule has 0 aliphatic rings. The van der Waals surface area contributed by atoms with Crippen LogP contribution in [-0.2, 0) is 33.4 Å². The average Bonchev–Trinajstić information content (AvgIpc) is 2.42. The molecule has 7 heteroatoms. The van der Waals surface area contributed by atoms with Crippen LogP contribution >= 0.6 is 0 Å². The van der Waals surface area contributed by atoms with E-state index in [1.165, 1.54) is 6.92 Å². The van der Waals surface area contributed by atoms with E-state index in [4.69, 9.17) is 14.2 Å². The van der Waals surface area contributed by atoms with Crippen LogP contribution in [0.2, 0.25) is 0 Å². The molecule has 1 atom stereocenters. The lowest BCUT2D eigenvalue weighted by molar-refractivity contribution is -0.156. The first-order chi connectivity index (χ1) is 10.2. The number of carbonyl (C=O) groups is 4. The van der Waals surface area contributed by atoms with Crippen molar-refractivity contribution < 1.29 is 33.4 Å². The van der Waals surface area contributed by atoms with Gasteiger partial charge in [-0.1, -0.05) is 13.2 Å². The van der Waals surface area contributed by atoms with Crippen molar-refractivity contribution in [2.45, 2.75) is 20.8 Å². The first kappa shape index (κ1) is 19.6. The van der Waals surface area contributed by atoms with E-state index in [1.54, 1.807) is 6.92 Å². The number of hydrogen-bond acceptors (Lipinski definition) is 7. The van der Waals surface area contributed by atoms with E-state index >= 15 is 0 Å². The van der Waals surface area contributed by atoms with Crippen molar-refractivity contribution in [3.8, 4) is 0 Å². The molecule has 7 nitrogen and oxygen atoms in total. The van der Waals surface area contributed by atoms with Gasteiger partial charge in [0.05, 0.1) is 12.2 Å².